The lowest BCUT2D eigenvalue weighted by molar-refractivity contribution is -0.122. The summed E-state index contributed by atoms with van der Waals surface area (Å²) >= 11 is 0. The third kappa shape index (κ3) is 5.28. The van der Waals surface area contributed by atoms with Crippen molar-refractivity contribution in [2.45, 2.75) is 38.1 Å². The molecule has 5 nitrogen and oxygen atoms in total. The number of carbonyl (C=O) groups excluding carboxylic acids is 1. The fourth-order valence-electron chi connectivity index (χ4n) is 2.86. The molecule has 1 N–H and O–H groups in total. The molecule has 0 aromatic heterocycles. The van der Waals surface area contributed by atoms with Crippen LogP contribution < -0.4 is 5.32 Å². The van der Waals surface area contributed by atoms with E-state index in [2.05, 4.69) is 5.32 Å². The highest BCUT2D eigenvalue weighted by molar-refractivity contribution is 7.88. The van der Waals surface area contributed by atoms with Gasteiger partial charge in [-0.05, 0) is 36.5 Å². The Balaban J connectivity index is 1.89. The van der Waals surface area contributed by atoms with E-state index >= 15 is 0 Å². The number of rotatable bonds is 5. The van der Waals surface area contributed by atoms with Gasteiger partial charge in [-0.2, -0.15) is 0 Å². The normalized spacial score (nSPS) is 20.9. The van der Waals surface area contributed by atoms with Crippen molar-refractivity contribution in [3.05, 3.63) is 35.6 Å². The van der Waals surface area contributed by atoms with Gasteiger partial charge in [0, 0.05) is 25.6 Å². The van der Waals surface area contributed by atoms with Crippen LogP contribution in [-0.2, 0) is 14.8 Å². The number of halogens is 1. The number of nitrogens with one attached hydrogen (secondary N) is 1. The molecule has 1 fully saturated rings. The van der Waals surface area contributed by atoms with Gasteiger partial charge in [0.2, 0.25) is 15.9 Å². The Morgan fingerprint density at radius 2 is 2.22 bits per heavy atom. The largest absolute Gasteiger partial charge is 0.352 e. The molecule has 1 aliphatic heterocycles. The second-order valence-electron chi connectivity index (χ2n) is 6.19. The van der Waals surface area contributed by atoms with Crippen LogP contribution in [0.4, 0.5) is 4.39 Å². The molecule has 1 aromatic carbocycles. The van der Waals surface area contributed by atoms with Gasteiger partial charge in [0.05, 0.1) is 6.26 Å². The molecule has 7 heteroatoms. The molecule has 0 unspecified atom stereocenters. The summed E-state index contributed by atoms with van der Waals surface area (Å²) in [7, 11) is -3.23. The first-order valence-corrected chi connectivity index (χ1v) is 9.60. The summed E-state index contributed by atoms with van der Waals surface area (Å²) < 4.78 is 37.8. The molecule has 0 bridgehead atoms. The van der Waals surface area contributed by atoms with Crippen LogP contribution in [-0.4, -0.2) is 44.0 Å². The molecule has 0 saturated carbocycles. The van der Waals surface area contributed by atoms with Gasteiger partial charge in [0.1, 0.15) is 5.82 Å². The van der Waals surface area contributed by atoms with E-state index in [1.165, 1.54) is 22.7 Å². The number of benzene rings is 1. The van der Waals surface area contributed by atoms with Crippen LogP contribution >= 0.6 is 0 Å². The maximum atomic E-state index is 13.2. The SMILES string of the molecule is C[C@H](CC(=O)N[C@H]1CCCN(S(C)(=O)=O)C1)c1cccc(F)c1. The number of hydrogen-bond donors (Lipinski definition) is 1. The summed E-state index contributed by atoms with van der Waals surface area (Å²) in [6.45, 7) is 2.70. The van der Waals surface area contributed by atoms with E-state index in [1.54, 1.807) is 12.1 Å². The van der Waals surface area contributed by atoms with E-state index in [9.17, 15) is 17.6 Å². The predicted octanol–water partition coefficient (Wildman–Crippen LogP) is 1.86. The minimum Gasteiger partial charge on any atom is -0.352 e. The second-order valence-corrected chi connectivity index (χ2v) is 8.17. The van der Waals surface area contributed by atoms with E-state index in [1.807, 2.05) is 6.92 Å². The van der Waals surface area contributed by atoms with E-state index < -0.39 is 10.0 Å². The summed E-state index contributed by atoms with van der Waals surface area (Å²) in [5.41, 5.74) is 0.779. The highest BCUT2D eigenvalue weighted by Crippen LogP contribution is 2.20. The molecule has 1 saturated heterocycles. The zero-order chi connectivity index (χ0) is 17.0. The number of sulfonamides is 1. The minimum absolute atomic E-state index is 0.0969. The molecule has 128 valence electrons. The monoisotopic (exact) mass is 342 g/mol. The summed E-state index contributed by atoms with van der Waals surface area (Å²) in [4.78, 5) is 12.2. The van der Waals surface area contributed by atoms with Crippen molar-refractivity contribution in [2.75, 3.05) is 19.3 Å². The smallest absolute Gasteiger partial charge is 0.220 e. The summed E-state index contributed by atoms with van der Waals surface area (Å²) in [5.74, 6) is -0.548. The van der Waals surface area contributed by atoms with Gasteiger partial charge in [-0.15, -0.1) is 0 Å². The lowest BCUT2D eigenvalue weighted by Crippen LogP contribution is -2.49. The van der Waals surface area contributed by atoms with Crippen molar-refractivity contribution in [1.29, 1.82) is 0 Å². The van der Waals surface area contributed by atoms with E-state index in [0.717, 1.165) is 18.4 Å². The van der Waals surface area contributed by atoms with Crippen LogP contribution in [0.1, 0.15) is 37.7 Å². The Morgan fingerprint density at radius 3 is 2.87 bits per heavy atom. The Kier molecular flexibility index (Phi) is 5.75. The lowest BCUT2D eigenvalue weighted by Gasteiger charge is -2.31. The Morgan fingerprint density at radius 1 is 1.48 bits per heavy atom. The minimum atomic E-state index is -3.23. The van der Waals surface area contributed by atoms with Crippen molar-refractivity contribution >= 4 is 15.9 Å². The quantitative estimate of drug-likeness (QED) is 0.888. The number of nitrogens with zero attached hydrogens (tertiary/aromatic N) is 1. The van der Waals surface area contributed by atoms with Crippen molar-refractivity contribution in [3.63, 3.8) is 0 Å². The van der Waals surface area contributed by atoms with Crippen molar-refractivity contribution in [1.82, 2.24) is 9.62 Å². The number of carbonyl (C=O) groups is 1. The number of amides is 1. The van der Waals surface area contributed by atoms with E-state index in [4.69, 9.17) is 0 Å². The van der Waals surface area contributed by atoms with Crippen LogP contribution in [0.3, 0.4) is 0 Å². The molecular weight excluding hydrogens is 319 g/mol. The second kappa shape index (κ2) is 7.40. The fraction of sp³-hybridized carbons (Fsp3) is 0.562. The average Bonchev–Trinajstić information content (AvgIpc) is 2.46. The molecule has 2 rings (SSSR count). The Hall–Kier alpha value is -1.47. The average molecular weight is 342 g/mol. The highest BCUT2D eigenvalue weighted by Gasteiger charge is 2.27. The molecule has 0 aliphatic carbocycles. The van der Waals surface area contributed by atoms with Gasteiger partial charge < -0.3 is 5.32 Å². The Labute approximate surface area is 136 Å². The van der Waals surface area contributed by atoms with Crippen molar-refractivity contribution < 1.29 is 17.6 Å². The van der Waals surface area contributed by atoms with Crippen molar-refractivity contribution in [3.8, 4) is 0 Å². The van der Waals surface area contributed by atoms with Crippen LogP contribution in [0.15, 0.2) is 24.3 Å². The van der Waals surface area contributed by atoms with Crippen molar-refractivity contribution in [2.24, 2.45) is 0 Å². The molecule has 0 spiro atoms. The Bertz CT molecular complexity index is 663. The first-order valence-electron chi connectivity index (χ1n) is 7.75. The van der Waals surface area contributed by atoms with Gasteiger partial charge in [-0.25, -0.2) is 17.1 Å². The predicted molar refractivity (Wildman–Crippen MR) is 87.0 cm³/mol. The number of hydrogen-bond acceptors (Lipinski definition) is 3. The summed E-state index contributed by atoms with van der Waals surface area (Å²) in [6.07, 6.45) is 2.94. The van der Waals surface area contributed by atoms with Crippen LogP contribution in [0.5, 0.6) is 0 Å². The first-order chi connectivity index (χ1) is 10.8. The maximum Gasteiger partial charge on any atom is 0.220 e. The van der Waals surface area contributed by atoms with Crippen LogP contribution in [0.2, 0.25) is 0 Å². The molecule has 1 aromatic rings. The van der Waals surface area contributed by atoms with Gasteiger partial charge in [0.15, 0.2) is 0 Å². The molecule has 1 heterocycles. The van der Waals surface area contributed by atoms with Gasteiger partial charge >= 0.3 is 0 Å². The number of piperidine rings is 1. The molecular formula is C16H23FN2O3S. The first kappa shape index (κ1) is 17.9. The van der Waals surface area contributed by atoms with Gasteiger partial charge in [0.25, 0.3) is 0 Å². The summed E-state index contributed by atoms with van der Waals surface area (Å²) in [6, 6.07) is 6.07. The van der Waals surface area contributed by atoms with Gasteiger partial charge in [-0.1, -0.05) is 19.1 Å². The molecule has 1 aliphatic rings. The van der Waals surface area contributed by atoms with E-state index in [0.29, 0.717) is 13.1 Å². The lowest BCUT2D eigenvalue weighted by atomic mass is 9.97. The maximum absolute atomic E-state index is 13.2. The topological polar surface area (TPSA) is 66.5 Å². The zero-order valence-corrected chi connectivity index (χ0v) is 14.3. The fourth-order valence-corrected chi connectivity index (χ4v) is 3.77. The highest BCUT2D eigenvalue weighted by atomic mass is 32.2. The standard InChI is InChI=1S/C16H23FN2O3S/c1-12(13-5-3-6-14(17)10-13)9-16(20)18-15-7-4-8-19(11-15)23(2,21)22/h3,5-6,10,12,15H,4,7-9,11H2,1-2H3,(H,18,20)/t12-,15+/m1/s1. The van der Waals surface area contributed by atoms with Crippen LogP contribution in [0, 0.1) is 5.82 Å². The zero-order valence-electron chi connectivity index (χ0n) is 13.5. The van der Waals surface area contributed by atoms with E-state index in [-0.39, 0.29) is 30.1 Å². The summed E-state index contributed by atoms with van der Waals surface area (Å²) in [5, 5.41) is 2.90. The third-order valence-electron chi connectivity index (χ3n) is 4.13. The molecule has 23 heavy (non-hydrogen) atoms. The molecule has 2 atom stereocenters. The molecule has 1 amide bonds. The van der Waals surface area contributed by atoms with Crippen LogP contribution in [0.25, 0.3) is 0 Å². The van der Waals surface area contributed by atoms with Gasteiger partial charge in [-0.3, -0.25) is 4.79 Å². The molecule has 0 radical (unpaired) electrons. The third-order valence-corrected chi connectivity index (χ3v) is 5.40.